The van der Waals surface area contributed by atoms with E-state index in [1.165, 1.54) is 67.4 Å². The Hall–Kier alpha value is -1.37. The quantitative estimate of drug-likeness (QED) is 0.557. The number of nitrogens with zero attached hydrogens (tertiary/aromatic N) is 1. The average Bonchev–Trinajstić information content (AvgIpc) is 2.86. The van der Waals surface area contributed by atoms with Gasteiger partial charge in [0.05, 0.1) is 5.70 Å². The lowest BCUT2D eigenvalue weighted by Crippen LogP contribution is -2.15. The summed E-state index contributed by atoms with van der Waals surface area (Å²) in [5.74, 6) is 1.96. The molecule has 1 saturated carbocycles. The molecule has 1 nitrogen and oxygen atoms in total. The second-order valence-corrected chi connectivity index (χ2v) is 7.36. The summed E-state index contributed by atoms with van der Waals surface area (Å²) in [6.45, 7) is 9.06. The van der Waals surface area contributed by atoms with E-state index in [-0.39, 0.29) is 0 Å². The van der Waals surface area contributed by atoms with E-state index in [2.05, 4.69) is 44.9 Å². The second kappa shape index (κ2) is 7.47. The summed E-state index contributed by atoms with van der Waals surface area (Å²) >= 11 is 0. The van der Waals surface area contributed by atoms with Crippen LogP contribution in [0.15, 0.2) is 52.2 Å². The van der Waals surface area contributed by atoms with Crippen LogP contribution in [0.5, 0.6) is 0 Å². The fraction of sp³-hybridized carbons (Fsp3) is 0.591. The molecule has 0 bridgehead atoms. The smallest absolute Gasteiger partial charge is 0.0633 e. The molecule has 0 aromatic rings. The van der Waals surface area contributed by atoms with Gasteiger partial charge in [0.25, 0.3) is 0 Å². The SMILES string of the molecule is C=C(C1=CC2=C(CC=C1)C(C(CC)CC)C=N2)C1CCCCC1. The van der Waals surface area contributed by atoms with Crippen molar-refractivity contribution in [2.24, 2.45) is 22.7 Å². The number of aliphatic imine (C=N–C) groups is 1. The molecule has 2 aliphatic carbocycles. The number of rotatable bonds is 5. The first kappa shape index (κ1) is 16.5. The summed E-state index contributed by atoms with van der Waals surface area (Å²) in [7, 11) is 0. The van der Waals surface area contributed by atoms with Crippen LogP contribution < -0.4 is 0 Å². The van der Waals surface area contributed by atoms with Gasteiger partial charge in [0.1, 0.15) is 0 Å². The molecule has 0 N–H and O–H groups in total. The van der Waals surface area contributed by atoms with Crippen LogP contribution in [0.25, 0.3) is 0 Å². The number of hydrogen-bond donors (Lipinski definition) is 0. The maximum absolute atomic E-state index is 4.79. The van der Waals surface area contributed by atoms with Crippen LogP contribution in [0, 0.1) is 17.8 Å². The third-order valence-electron chi connectivity index (χ3n) is 6.06. The van der Waals surface area contributed by atoms with Gasteiger partial charge in [-0.05, 0) is 53.9 Å². The maximum atomic E-state index is 4.79. The molecule has 0 aromatic heterocycles. The van der Waals surface area contributed by atoms with E-state index < -0.39 is 0 Å². The Balaban J connectivity index is 1.82. The summed E-state index contributed by atoms with van der Waals surface area (Å²) < 4.78 is 0. The summed E-state index contributed by atoms with van der Waals surface area (Å²) in [5.41, 5.74) is 5.42. The van der Waals surface area contributed by atoms with Crippen molar-refractivity contribution in [3.05, 3.63) is 47.2 Å². The Labute approximate surface area is 142 Å². The molecule has 3 aliphatic rings. The van der Waals surface area contributed by atoms with Crippen LogP contribution in [0.2, 0.25) is 0 Å². The van der Waals surface area contributed by atoms with E-state index in [4.69, 9.17) is 4.99 Å². The zero-order chi connectivity index (χ0) is 16.2. The van der Waals surface area contributed by atoms with Crippen molar-refractivity contribution in [2.75, 3.05) is 0 Å². The molecule has 0 saturated heterocycles. The lowest BCUT2D eigenvalue weighted by Gasteiger charge is -2.24. The molecule has 0 aromatic carbocycles. The molecule has 1 heteroatoms. The highest BCUT2D eigenvalue weighted by Crippen LogP contribution is 2.39. The predicted octanol–water partition coefficient (Wildman–Crippen LogP) is 6.40. The third-order valence-corrected chi connectivity index (χ3v) is 6.06. The lowest BCUT2D eigenvalue weighted by atomic mass is 9.81. The minimum absolute atomic E-state index is 0.545. The molecule has 1 unspecified atom stereocenters. The number of hydrogen-bond acceptors (Lipinski definition) is 1. The zero-order valence-electron chi connectivity index (χ0n) is 14.9. The fourth-order valence-electron chi connectivity index (χ4n) is 4.47. The molecule has 0 amide bonds. The molecule has 124 valence electrons. The molecule has 23 heavy (non-hydrogen) atoms. The molecule has 3 rings (SSSR count). The maximum Gasteiger partial charge on any atom is 0.0633 e. The van der Waals surface area contributed by atoms with Gasteiger partial charge in [0.2, 0.25) is 0 Å². The lowest BCUT2D eigenvalue weighted by molar-refractivity contribution is 0.407. The topological polar surface area (TPSA) is 12.4 Å². The first-order valence-corrected chi connectivity index (χ1v) is 9.59. The molecule has 0 radical (unpaired) electrons. The average molecular weight is 309 g/mol. The van der Waals surface area contributed by atoms with Crippen molar-refractivity contribution < 1.29 is 0 Å². The predicted molar refractivity (Wildman–Crippen MR) is 101 cm³/mol. The zero-order valence-corrected chi connectivity index (χ0v) is 14.9. The van der Waals surface area contributed by atoms with E-state index in [0.29, 0.717) is 11.8 Å². The van der Waals surface area contributed by atoms with E-state index in [1.54, 1.807) is 0 Å². The Bertz CT molecular complexity index is 563. The van der Waals surface area contributed by atoms with Gasteiger partial charge < -0.3 is 0 Å². The van der Waals surface area contributed by atoms with Crippen LogP contribution in [0.4, 0.5) is 0 Å². The standard InChI is InChI=1S/C22H31N/c1-4-17(5-2)21-15-23-22-14-19(12-9-13-20(21)22)16(3)18-10-7-6-8-11-18/h9,12,14-15,17-18,21H,3-8,10-11,13H2,1-2H3. The number of allylic oxidation sites excluding steroid dienone is 6. The molecule has 1 fully saturated rings. The van der Waals surface area contributed by atoms with Crippen LogP contribution in [-0.4, -0.2) is 6.21 Å². The van der Waals surface area contributed by atoms with E-state index in [0.717, 1.165) is 12.3 Å². The summed E-state index contributed by atoms with van der Waals surface area (Å²) in [6.07, 6.45) is 19.4. The van der Waals surface area contributed by atoms with Crippen molar-refractivity contribution in [3.8, 4) is 0 Å². The summed E-state index contributed by atoms with van der Waals surface area (Å²) in [4.78, 5) is 4.79. The Morgan fingerprint density at radius 1 is 1.22 bits per heavy atom. The van der Waals surface area contributed by atoms with Crippen LogP contribution >= 0.6 is 0 Å². The van der Waals surface area contributed by atoms with Gasteiger partial charge in [-0.3, -0.25) is 4.99 Å². The molecule has 1 heterocycles. The van der Waals surface area contributed by atoms with Crippen LogP contribution in [-0.2, 0) is 0 Å². The van der Waals surface area contributed by atoms with Crippen LogP contribution in [0.3, 0.4) is 0 Å². The van der Waals surface area contributed by atoms with Gasteiger partial charge in [-0.25, -0.2) is 0 Å². The largest absolute Gasteiger partial charge is 0.261 e. The molecule has 1 aliphatic heterocycles. The van der Waals surface area contributed by atoms with Crippen molar-refractivity contribution in [3.63, 3.8) is 0 Å². The third kappa shape index (κ3) is 3.44. The van der Waals surface area contributed by atoms with Gasteiger partial charge in [0.15, 0.2) is 0 Å². The van der Waals surface area contributed by atoms with Crippen molar-refractivity contribution in [1.82, 2.24) is 0 Å². The van der Waals surface area contributed by atoms with Gasteiger partial charge in [-0.15, -0.1) is 0 Å². The van der Waals surface area contributed by atoms with Gasteiger partial charge >= 0.3 is 0 Å². The highest BCUT2D eigenvalue weighted by Gasteiger charge is 2.28. The van der Waals surface area contributed by atoms with Gasteiger partial charge in [0, 0.05) is 12.1 Å². The minimum Gasteiger partial charge on any atom is -0.261 e. The normalized spacial score (nSPS) is 24.8. The van der Waals surface area contributed by atoms with E-state index >= 15 is 0 Å². The van der Waals surface area contributed by atoms with E-state index in [9.17, 15) is 0 Å². The first-order chi connectivity index (χ1) is 11.2. The highest BCUT2D eigenvalue weighted by atomic mass is 14.8. The fourth-order valence-corrected chi connectivity index (χ4v) is 4.47. The monoisotopic (exact) mass is 309 g/mol. The van der Waals surface area contributed by atoms with E-state index in [1.807, 2.05) is 0 Å². The highest BCUT2D eigenvalue weighted by molar-refractivity contribution is 5.73. The molecular formula is C22H31N. The van der Waals surface area contributed by atoms with Crippen molar-refractivity contribution in [1.29, 1.82) is 0 Å². The Morgan fingerprint density at radius 3 is 2.65 bits per heavy atom. The van der Waals surface area contributed by atoms with Gasteiger partial charge in [-0.2, -0.15) is 0 Å². The molecular weight excluding hydrogens is 278 g/mol. The molecule has 0 spiro atoms. The molecule has 1 atom stereocenters. The summed E-state index contributed by atoms with van der Waals surface area (Å²) in [5, 5.41) is 0. The second-order valence-electron chi connectivity index (χ2n) is 7.36. The Kier molecular flexibility index (Phi) is 5.35. The van der Waals surface area contributed by atoms with Gasteiger partial charge in [-0.1, -0.05) is 64.7 Å². The Morgan fingerprint density at radius 2 is 1.96 bits per heavy atom. The summed E-state index contributed by atoms with van der Waals surface area (Å²) in [6, 6.07) is 0. The first-order valence-electron chi connectivity index (χ1n) is 9.59. The minimum atomic E-state index is 0.545. The van der Waals surface area contributed by atoms with Crippen molar-refractivity contribution >= 4 is 6.21 Å². The van der Waals surface area contributed by atoms with Crippen LogP contribution in [0.1, 0.15) is 65.2 Å². The van der Waals surface area contributed by atoms with Crippen molar-refractivity contribution in [2.45, 2.75) is 65.2 Å².